The highest BCUT2D eigenvalue weighted by atomic mass is 32.2. The van der Waals surface area contributed by atoms with E-state index in [0.29, 0.717) is 0 Å². The van der Waals surface area contributed by atoms with Crippen LogP contribution in [0, 0.1) is 0 Å². The number of rotatable bonds is 3. The topological polar surface area (TPSA) is 17.3 Å². The zero-order valence-corrected chi connectivity index (χ0v) is 8.94. The molecule has 2 heterocycles. The Morgan fingerprint density at radius 3 is 3.23 bits per heavy atom. The predicted octanol–water partition coefficient (Wildman–Crippen LogP) is 2.75. The lowest BCUT2D eigenvalue weighted by Crippen LogP contribution is -1.85. The largest absolute Gasteiger partial charge is 0.295 e. The molecule has 0 bridgehead atoms. The quantitative estimate of drug-likeness (QED) is 0.573. The third-order valence-corrected chi connectivity index (χ3v) is 3.69. The van der Waals surface area contributed by atoms with Crippen molar-refractivity contribution in [2.45, 2.75) is 5.16 Å². The van der Waals surface area contributed by atoms with Gasteiger partial charge < -0.3 is 0 Å². The monoisotopic (exact) mass is 210 g/mol. The Kier molecular flexibility index (Phi) is 2.80. The Bertz CT molecular complexity index is 397. The number of pyridine rings is 1. The number of hydrogen-bond acceptors (Lipinski definition) is 3. The summed E-state index contributed by atoms with van der Waals surface area (Å²) in [6.07, 6.45) is 6.05. The minimum Gasteiger partial charge on any atom is -0.295 e. The lowest BCUT2D eigenvalue weighted by molar-refractivity contribution is 0.961. The minimum absolute atomic E-state index is 1.05. The molecule has 13 heavy (non-hydrogen) atoms. The average molecular weight is 210 g/mol. The molecule has 0 fully saturated rings. The van der Waals surface area contributed by atoms with E-state index in [0.717, 1.165) is 15.8 Å². The number of nitrogens with zero attached hydrogens (tertiary/aromatic N) is 2. The van der Waals surface area contributed by atoms with Crippen LogP contribution in [0.1, 0.15) is 0 Å². The number of imidazole rings is 1. The van der Waals surface area contributed by atoms with Crippen molar-refractivity contribution < 1.29 is 0 Å². The molecule has 0 N–H and O–H groups in total. The van der Waals surface area contributed by atoms with Crippen LogP contribution in [0.5, 0.6) is 0 Å². The fourth-order valence-electron chi connectivity index (χ4n) is 1.14. The lowest BCUT2D eigenvalue weighted by Gasteiger charge is -1.98. The minimum atomic E-state index is 1.05. The molecule has 0 radical (unpaired) electrons. The summed E-state index contributed by atoms with van der Waals surface area (Å²) in [4.78, 5) is 4.35. The molecule has 0 aliphatic rings. The first kappa shape index (κ1) is 8.97. The number of thioether (sulfide) groups is 2. The van der Waals surface area contributed by atoms with E-state index >= 15 is 0 Å². The van der Waals surface area contributed by atoms with Gasteiger partial charge in [0.25, 0.3) is 0 Å². The molecule has 2 aromatic rings. The van der Waals surface area contributed by atoms with Gasteiger partial charge in [0.05, 0.1) is 11.7 Å². The van der Waals surface area contributed by atoms with E-state index in [4.69, 9.17) is 0 Å². The van der Waals surface area contributed by atoms with E-state index in [9.17, 15) is 0 Å². The molecule has 0 atom stereocenters. The number of fused-ring (bicyclic) bond motifs is 1. The van der Waals surface area contributed by atoms with Crippen LogP contribution in [0.3, 0.4) is 0 Å². The molecule has 4 heteroatoms. The van der Waals surface area contributed by atoms with Crippen molar-refractivity contribution >= 4 is 29.0 Å². The van der Waals surface area contributed by atoms with E-state index in [1.807, 2.05) is 36.3 Å². The first-order chi connectivity index (χ1) is 6.42. The molecule has 0 saturated heterocycles. The summed E-state index contributed by atoms with van der Waals surface area (Å²) < 4.78 is 2.11. The Morgan fingerprint density at radius 2 is 2.38 bits per heavy atom. The molecule has 2 aromatic heterocycles. The summed E-state index contributed by atoms with van der Waals surface area (Å²) >= 11 is 3.59. The Balaban J connectivity index is 2.35. The van der Waals surface area contributed by atoms with Crippen LogP contribution in [0.4, 0.5) is 0 Å². The standard InChI is InChI=1S/C9H10N2S2/c1-12-7-13-9-10-6-8-4-2-3-5-11(8)9/h2-6H,7H2,1H3. The molecule has 0 unspecified atom stereocenters. The van der Waals surface area contributed by atoms with Crippen LogP contribution in [0.25, 0.3) is 5.52 Å². The predicted molar refractivity (Wildman–Crippen MR) is 59.4 cm³/mol. The highest BCUT2D eigenvalue weighted by molar-refractivity contribution is 8.15. The summed E-state index contributed by atoms with van der Waals surface area (Å²) in [7, 11) is 0. The zero-order valence-electron chi connectivity index (χ0n) is 7.30. The summed E-state index contributed by atoms with van der Waals surface area (Å²) in [6.45, 7) is 0. The van der Waals surface area contributed by atoms with Gasteiger partial charge in [-0.25, -0.2) is 4.98 Å². The van der Waals surface area contributed by atoms with Gasteiger partial charge >= 0.3 is 0 Å². The average Bonchev–Trinajstić information content (AvgIpc) is 2.58. The van der Waals surface area contributed by atoms with Crippen molar-refractivity contribution in [1.82, 2.24) is 9.38 Å². The Labute approximate surface area is 85.7 Å². The molecule has 0 aromatic carbocycles. The zero-order chi connectivity index (χ0) is 9.10. The SMILES string of the molecule is CSCSc1ncc2ccccn12. The lowest BCUT2D eigenvalue weighted by atomic mass is 10.4. The van der Waals surface area contributed by atoms with Crippen molar-refractivity contribution in [3.8, 4) is 0 Å². The second-order valence-electron chi connectivity index (χ2n) is 2.59. The van der Waals surface area contributed by atoms with Crippen molar-refractivity contribution in [2.24, 2.45) is 0 Å². The van der Waals surface area contributed by atoms with E-state index in [2.05, 4.69) is 21.7 Å². The van der Waals surface area contributed by atoms with Crippen molar-refractivity contribution in [1.29, 1.82) is 0 Å². The fraction of sp³-hybridized carbons (Fsp3) is 0.222. The van der Waals surface area contributed by atoms with Crippen LogP contribution in [0.2, 0.25) is 0 Å². The molecule has 68 valence electrons. The second-order valence-corrected chi connectivity index (χ2v) is 4.76. The van der Waals surface area contributed by atoms with E-state index in [1.165, 1.54) is 0 Å². The number of aromatic nitrogens is 2. The van der Waals surface area contributed by atoms with Gasteiger partial charge in [-0.1, -0.05) is 17.8 Å². The van der Waals surface area contributed by atoms with Crippen LogP contribution in [-0.4, -0.2) is 20.7 Å². The van der Waals surface area contributed by atoms with Crippen LogP contribution in [0.15, 0.2) is 35.7 Å². The van der Waals surface area contributed by atoms with Gasteiger partial charge in [-0.3, -0.25) is 4.40 Å². The normalized spacial score (nSPS) is 10.8. The molecule has 0 aliphatic carbocycles. The third kappa shape index (κ3) is 1.84. The van der Waals surface area contributed by atoms with Gasteiger partial charge in [0.1, 0.15) is 0 Å². The summed E-state index contributed by atoms with van der Waals surface area (Å²) in [5.41, 5.74) is 1.16. The van der Waals surface area contributed by atoms with Crippen molar-refractivity contribution in [3.63, 3.8) is 0 Å². The Hall–Kier alpha value is -0.610. The van der Waals surface area contributed by atoms with Crippen LogP contribution >= 0.6 is 23.5 Å². The van der Waals surface area contributed by atoms with Crippen LogP contribution < -0.4 is 0 Å². The first-order valence-corrected chi connectivity index (χ1v) is 6.33. The molecule has 0 saturated carbocycles. The van der Waals surface area contributed by atoms with Crippen molar-refractivity contribution in [3.05, 3.63) is 30.6 Å². The maximum absolute atomic E-state index is 4.35. The van der Waals surface area contributed by atoms with Gasteiger partial charge in [-0.2, -0.15) is 11.8 Å². The molecular weight excluding hydrogens is 200 g/mol. The molecular formula is C9H10N2S2. The fourth-order valence-corrected chi connectivity index (χ4v) is 2.46. The molecule has 2 rings (SSSR count). The smallest absolute Gasteiger partial charge is 0.173 e. The Morgan fingerprint density at radius 1 is 1.46 bits per heavy atom. The number of hydrogen-bond donors (Lipinski definition) is 0. The van der Waals surface area contributed by atoms with Gasteiger partial charge in [-0.15, -0.1) is 0 Å². The highest BCUT2D eigenvalue weighted by Gasteiger charge is 2.01. The first-order valence-electron chi connectivity index (χ1n) is 3.95. The van der Waals surface area contributed by atoms with Crippen LogP contribution in [-0.2, 0) is 0 Å². The van der Waals surface area contributed by atoms with Gasteiger partial charge in [-0.05, 0) is 18.4 Å². The third-order valence-electron chi connectivity index (χ3n) is 1.71. The van der Waals surface area contributed by atoms with E-state index < -0.39 is 0 Å². The van der Waals surface area contributed by atoms with Gasteiger partial charge in [0, 0.05) is 11.3 Å². The molecule has 2 nitrogen and oxygen atoms in total. The molecule has 0 aliphatic heterocycles. The van der Waals surface area contributed by atoms with E-state index in [1.54, 1.807) is 11.8 Å². The molecule has 0 spiro atoms. The van der Waals surface area contributed by atoms with Crippen molar-refractivity contribution in [2.75, 3.05) is 11.3 Å². The summed E-state index contributed by atoms with van der Waals surface area (Å²) in [5, 5.41) is 2.12. The van der Waals surface area contributed by atoms with Gasteiger partial charge in [0.15, 0.2) is 5.16 Å². The maximum atomic E-state index is 4.35. The summed E-state index contributed by atoms with van der Waals surface area (Å²) in [6, 6.07) is 6.12. The highest BCUT2D eigenvalue weighted by Crippen LogP contribution is 2.20. The molecule has 0 amide bonds. The summed E-state index contributed by atoms with van der Waals surface area (Å²) in [5.74, 6) is 0. The van der Waals surface area contributed by atoms with E-state index in [-0.39, 0.29) is 0 Å². The second kappa shape index (κ2) is 4.07. The maximum Gasteiger partial charge on any atom is 0.173 e. The van der Waals surface area contributed by atoms with Gasteiger partial charge in [0.2, 0.25) is 0 Å².